The Morgan fingerprint density at radius 1 is 1.14 bits per heavy atom. The lowest BCUT2D eigenvalue weighted by molar-refractivity contribution is -0.150. The van der Waals surface area contributed by atoms with Crippen molar-refractivity contribution in [3.63, 3.8) is 0 Å². The highest BCUT2D eigenvalue weighted by Crippen LogP contribution is 2.26. The lowest BCUT2D eigenvalue weighted by Crippen LogP contribution is -2.45. The third-order valence-corrected chi connectivity index (χ3v) is 3.47. The summed E-state index contributed by atoms with van der Waals surface area (Å²) in [6.07, 6.45) is 2.17. The van der Waals surface area contributed by atoms with Gasteiger partial charge in [-0.3, -0.25) is 4.79 Å². The Kier molecular flexibility index (Phi) is 9.09. The van der Waals surface area contributed by atoms with Gasteiger partial charge in [0, 0.05) is 19.8 Å². The largest absolute Gasteiger partial charge is 0.481 e. The Labute approximate surface area is 133 Å². The highest BCUT2D eigenvalue weighted by molar-refractivity contribution is 5.76. The number of carboxylic acids is 1. The standard InChI is InChI=1S/C16H31NO5/c1-6-8-10-21-11-9-16(7-2,13(18)19)12-17-14(20)22-15(3,4)5/h6-12H2,1-5H3,(H,17,20)(H,18,19). The summed E-state index contributed by atoms with van der Waals surface area (Å²) in [4.78, 5) is 23.3. The maximum Gasteiger partial charge on any atom is 0.407 e. The molecule has 0 saturated heterocycles. The Morgan fingerprint density at radius 2 is 1.77 bits per heavy atom. The van der Waals surface area contributed by atoms with Crippen LogP contribution in [0.3, 0.4) is 0 Å². The third kappa shape index (κ3) is 8.22. The zero-order valence-electron chi connectivity index (χ0n) is 14.5. The highest BCUT2D eigenvalue weighted by atomic mass is 16.6. The average Bonchev–Trinajstić information content (AvgIpc) is 2.40. The van der Waals surface area contributed by atoms with Crippen molar-refractivity contribution in [3.05, 3.63) is 0 Å². The number of nitrogens with one attached hydrogen (secondary N) is 1. The molecule has 0 fully saturated rings. The number of carboxylic acid groups (broad SMARTS) is 1. The van der Waals surface area contributed by atoms with E-state index >= 15 is 0 Å². The van der Waals surface area contributed by atoms with Gasteiger partial charge >= 0.3 is 12.1 Å². The number of carbonyl (C=O) groups excluding carboxylic acids is 1. The van der Waals surface area contributed by atoms with Gasteiger partial charge in [-0.2, -0.15) is 0 Å². The van der Waals surface area contributed by atoms with Crippen LogP contribution < -0.4 is 5.32 Å². The second-order valence-corrected chi connectivity index (χ2v) is 6.51. The van der Waals surface area contributed by atoms with Crippen LogP contribution in [0.25, 0.3) is 0 Å². The van der Waals surface area contributed by atoms with Gasteiger partial charge < -0.3 is 19.9 Å². The topological polar surface area (TPSA) is 84.9 Å². The van der Waals surface area contributed by atoms with Crippen molar-refractivity contribution in [3.8, 4) is 0 Å². The number of rotatable bonds is 10. The SMILES string of the molecule is CCCCOCCC(CC)(CNC(=O)OC(C)(C)C)C(=O)O. The average molecular weight is 317 g/mol. The van der Waals surface area contributed by atoms with E-state index < -0.39 is 23.1 Å². The molecule has 0 aliphatic heterocycles. The van der Waals surface area contributed by atoms with Crippen molar-refractivity contribution in [1.29, 1.82) is 0 Å². The fraction of sp³-hybridized carbons (Fsp3) is 0.875. The van der Waals surface area contributed by atoms with Gasteiger partial charge in [0.25, 0.3) is 0 Å². The molecule has 0 aromatic rings. The second-order valence-electron chi connectivity index (χ2n) is 6.51. The summed E-state index contributed by atoms with van der Waals surface area (Å²) in [6.45, 7) is 10.2. The summed E-state index contributed by atoms with van der Waals surface area (Å²) in [7, 11) is 0. The van der Waals surface area contributed by atoms with Crippen molar-refractivity contribution in [1.82, 2.24) is 5.32 Å². The first-order valence-corrected chi connectivity index (χ1v) is 7.95. The Balaban J connectivity index is 4.49. The third-order valence-electron chi connectivity index (χ3n) is 3.47. The molecule has 0 rings (SSSR count). The number of hydrogen-bond acceptors (Lipinski definition) is 4. The van der Waals surface area contributed by atoms with Crippen molar-refractivity contribution in [2.75, 3.05) is 19.8 Å². The van der Waals surface area contributed by atoms with Gasteiger partial charge in [-0.05, 0) is 40.0 Å². The van der Waals surface area contributed by atoms with Crippen LogP contribution in [-0.4, -0.2) is 42.5 Å². The summed E-state index contributed by atoms with van der Waals surface area (Å²) in [5.41, 5.74) is -1.63. The Morgan fingerprint density at radius 3 is 2.23 bits per heavy atom. The molecule has 6 nitrogen and oxygen atoms in total. The summed E-state index contributed by atoms with van der Waals surface area (Å²) in [6, 6.07) is 0. The number of amides is 1. The van der Waals surface area contributed by atoms with Crippen LogP contribution in [0.2, 0.25) is 0 Å². The van der Waals surface area contributed by atoms with Gasteiger partial charge in [0.15, 0.2) is 0 Å². The normalized spacial score (nSPS) is 14.2. The molecule has 6 heteroatoms. The van der Waals surface area contributed by atoms with Crippen LogP contribution in [0, 0.1) is 5.41 Å². The molecule has 0 aromatic heterocycles. The first-order valence-electron chi connectivity index (χ1n) is 7.95. The molecule has 0 spiro atoms. The maximum atomic E-state index is 11.7. The van der Waals surface area contributed by atoms with Crippen LogP contribution in [-0.2, 0) is 14.3 Å². The zero-order chi connectivity index (χ0) is 17.2. The fourth-order valence-corrected chi connectivity index (χ4v) is 1.90. The molecular formula is C16H31NO5. The van der Waals surface area contributed by atoms with Gasteiger partial charge in [0.05, 0.1) is 5.41 Å². The molecule has 130 valence electrons. The van der Waals surface area contributed by atoms with E-state index in [0.717, 1.165) is 12.8 Å². The lowest BCUT2D eigenvalue weighted by atomic mass is 9.82. The molecule has 0 radical (unpaired) electrons. The van der Waals surface area contributed by atoms with Crippen molar-refractivity contribution in [2.45, 2.75) is 65.9 Å². The number of unbranched alkanes of at least 4 members (excludes halogenated alkanes) is 1. The lowest BCUT2D eigenvalue weighted by Gasteiger charge is -2.29. The minimum atomic E-state index is -1.02. The number of alkyl carbamates (subject to hydrolysis) is 1. The molecule has 0 saturated carbocycles. The van der Waals surface area contributed by atoms with E-state index in [2.05, 4.69) is 12.2 Å². The number of carbonyl (C=O) groups is 2. The van der Waals surface area contributed by atoms with Gasteiger partial charge in [0.2, 0.25) is 0 Å². The van der Waals surface area contributed by atoms with Crippen LogP contribution >= 0.6 is 0 Å². The first kappa shape index (κ1) is 20.7. The zero-order valence-corrected chi connectivity index (χ0v) is 14.5. The molecule has 0 aliphatic rings. The van der Waals surface area contributed by atoms with E-state index in [4.69, 9.17) is 9.47 Å². The summed E-state index contributed by atoms with van der Waals surface area (Å²) in [5, 5.41) is 12.1. The molecule has 2 N–H and O–H groups in total. The van der Waals surface area contributed by atoms with E-state index in [9.17, 15) is 14.7 Å². The fourth-order valence-electron chi connectivity index (χ4n) is 1.90. The Hall–Kier alpha value is -1.30. The number of hydrogen-bond donors (Lipinski definition) is 2. The maximum absolute atomic E-state index is 11.7. The molecule has 1 atom stereocenters. The minimum absolute atomic E-state index is 0.0326. The second kappa shape index (κ2) is 9.66. The highest BCUT2D eigenvalue weighted by Gasteiger charge is 2.37. The van der Waals surface area contributed by atoms with E-state index in [0.29, 0.717) is 26.1 Å². The molecule has 1 unspecified atom stereocenters. The van der Waals surface area contributed by atoms with Crippen LogP contribution in [0.1, 0.15) is 60.3 Å². The molecular weight excluding hydrogens is 286 g/mol. The summed E-state index contributed by atoms with van der Waals surface area (Å²) >= 11 is 0. The first-order chi connectivity index (χ1) is 10.2. The van der Waals surface area contributed by atoms with E-state index in [1.807, 2.05) is 0 Å². The van der Waals surface area contributed by atoms with Crippen LogP contribution in [0.4, 0.5) is 4.79 Å². The quantitative estimate of drug-likeness (QED) is 0.604. The molecule has 1 amide bonds. The molecule has 0 aromatic carbocycles. The number of aliphatic carboxylic acids is 1. The monoisotopic (exact) mass is 317 g/mol. The molecule has 0 aliphatic carbocycles. The Bertz CT molecular complexity index is 351. The predicted molar refractivity (Wildman–Crippen MR) is 84.9 cm³/mol. The van der Waals surface area contributed by atoms with Crippen LogP contribution in [0.15, 0.2) is 0 Å². The van der Waals surface area contributed by atoms with Gasteiger partial charge in [-0.25, -0.2) is 4.79 Å². The summed E-state index contributed by atoms with van der Waals surface area (Å²) in [5.74, 6) is -0.926. The number of ether oxygens (including phenoxy) is 2. The minimum Gasteiger partial charge on any atom is -0.481 e. The predicted octanol–water partition coefficient (Wildman–Crippen LogP) is 3.20. The van der Waals surface area contributed by atoms with E-state index in [1.54, 1.807) is 27.7 Å². The summed E-state index contributed by atoms with van der Waals surface area (Å²) < 4.78 is 10.6. The van der Waals surface area contributed by atoms with Crippen LogP contribution in [0.5, 0.6) is 0 Å². The molecule has 0 heterocycles. The van der Waals surface area contributed by atoms with Crippen molar-refractivity contribution >= 4 is 12.1 Å². The van der Waals surface area contributed by atoms with E-state index in [-0.39, 0.29) is 6.54 Å². The smallest absolute Gasteiger partial charge is 0.407 e. The van der Waals surface area contributed by atoms with Crippen molar-refractivity contribution < 1.29 is 24.2 Å². The van der Waals surface area contributed by atoms with Gasteiger partial charge in [0.1, 0.15) is 5.60 Å². The molecule has 0 bridgehead atoms. The van der Waals surface area contributed by atoms with Gasteiger partial charge in [-0.1, -0.05) is 20.3 Å². The van der Waals surface area contributed by atoms with Gasteiger partial charge in [-0.15, -0.1) is 0 Å². The van der Waals surface area contributed by atoms with Crippen molar-refractivity contribution in [2.24, 2.45) is 5.41 Å². The molecule has 22 heavy (non-hydrogen) atoms. The van der Waals surface area contributed by atoms with E-state index in [1.165, 1.54) is 0 Å².